The van der Waals surface area contributed by atoms with E-state index in [0.29, 0.717) is 0 Å². The normalized spacial score (nSPS) is 17.6. The average Bonchev–Trinajstić information content (AvgIpc) is 2.53. The van der Waals surface area contributed by atoms with Crippen molar-refractivity contribution in [2.24, 2.45) is 16.7 Å². The number of ether oxygens (including phenoxy) is 1. The molecule has 0 aliphatic heterocycles. The molecule has 1 N–H and O–H groups in total. The van der Waals surface area contributed by atoms with Crippen molar-refractivity contribution in [3.8, 4) is 5.75 Å². The van der Waals surface area contributed by atoms with Crippen LogP contribution in [0.5, 0.6) is 5.75 Å². The molecule has 1 saturated carbocycles. The number of rotatable bonds is 5. The van der Waals surface area contributed by atoms with Crippen LogP contribution in [-0.4, -0.2) is 12.0 Å². The first-order valence-electron chi connectivity index (χ1n) is 10.1. The quantitative estimate of drug-likeness (QED) is 0.657. The Hall–Kier alpha value is -1.51. The molecule has 3 nitrogen and oxygen atoms in total. The van der Waals surface area contributed by atoms with Gasteiger partial charge in [-0.1, -0.05) is 60.1 Å². The van der Waals surface area contributed by atoms with Crippen LogP contribution in [0.1, 0.15) is 80.1 Å². The lowest BCUT2D eigenvalue weighted by Gasteiger charge is -2.34. The van der Waals surface area contributed by atoms with Crippen molar-refractivity contribution in [2.45, 2.75) is 86.2 Å². The van der Waals surface area contributed by atoms with Gasteiger partial charge in [-0.15, -0.1) is 0 Å². The molecule has 1 unspecified atom stereocenters. The molecule has 1 aliphatic rings. The summed E-state index contributed by atoms with van der Waals surface area (Å²) in [4.78, 5) is 13.1. The third kappa shape index (κ3) is 6.34. The van der Waals surface area contributed by atoms with E-state index in [-0.39, 0.29) is 28.8 Å². The van der Waals surface area contributed by atoms with Gasteiger partial charge in [0.05, 0.1) is 11.8 Å². The van der Waals surface area contributed by atoms with E-state index in [1.165, 1.54) is 19.3 Å². The first kappa shape index (κ1) is 20.8. The lowest BCUT2D eigenvalue weighted by Crippen LogP contribution is -2.36. The maximum atomic E-state index is 13.1. The SMILES string of the molecule is CC(C)(C)CC(C(=O)Nc1ccccc1OC1CCCCC1)C(C)(C)C. The highest BCUT2D eigenvalue weighted by Crippen LogP contribution is 2.37. The smallest absolute Gasteiger partial charge is 0.228 e. The zero-order valence-electron chi connectivity index (χ0n) is 17.5. The fraction of sp³-hybridized carbons (Fsp3) is 0.696. The third-order valence-corrected chi connectivity index (χ3v) is 5.17. The number of benzene rings is 1. The predicted molar refractivity (Wildman–Crippen MR) is 110 cm³/mol. The molecular formula is C23H37NO2. The molecule has 1 amide bonds. The maximum absolute atomic E-state index is 13.1. The predicted octanol–water partition coefficient (Wildman–Crippen LogP) is 6.44. The van der Waals surface area contributed by atoms with Crippen LogP contribution in [-0.2, 0) is 4.79 Å². The molecule has 0 spiro atoms. The summed E-state index contributed by atoms with van der Waals surface area (Å²) in [5.74, 6) is 0.841. The minimum Gasteiger partial charge on any atom is -0.488 e. The van der Waals surface area contributed by atoms with Crippen LogP contribution in [0.15, 0.2) is 24.3 Å². The molecule has 0 radical (unpaired) electrons. The zero-order chi connectivity index (χ0) is 19.4. The molecule has 0 saturated heterocycles. The van der Waals surface area contributed by atoms with Crippen LogP contribution >= 0.6 is 0 Å². The van der Waals surface area contributed by atoms with Crippen LogP contribution in [0.2, 0.25) is 0 Å². The molecule has 1 aromatic carbocycles. The van der Waals surface area contributed by atoms with Crippen LogP contribution in [0, 0.1) is 16.7 Å². The van der Waals surface area contributed by atoms with E-state index >= 15 is 0 Å². The number of nitrogens with one attached hydrogen (secondary N) is 1. The van der Waals surface area contributed by atoms with E-state index in [4.69, 9.17) is 4.74 Å². The molecule has 3 heteroatoms. The largest absolute Gasteiger partial charge is 0.488 e. The Labute approximate surface area is 159 Å². The van der Waals surface area contributed by atoms with Gasteiger partial charge in [-0.2, -0.15) is 0 Å². The molecule has 2 rings (SSSR count). The highest BCUT2D eigenvalue weighted by atomic mass is 16.5. The summed E-state index contributed by atoms with van der Waals surface area (Å²) < 4.78 is 6.24. The summed E-state index contributed by atoms with van der Waals surface area (Å²) in [6.45, 7) is 13.0. The summed E-state index contributed by atoms with van der Waals surface area (Å²) in [6, 6.07) is 7.86. The van der Waals surface area contributed by atoms with Gasteiger partial charge in [-0.3, -0.25) is 4.79 Å². The molecule has 1 aliphatic carbocycles. The van der Waals surface area contributed by atoms with Crippen molar-refractivity contribution in [1.82, 2.24) is 0 Å². The molecule has 26 heavy (non-hydrogen) atoms. The molecule has 1 fully saturated rings. The first-order valence-corrected chi connectivity index (χ1v) is 10.1. The summed E-state index contributed by atoms with van der Waals surface area (Å²) in [5, 5.41) is 3.17. The summed E-state index contributed by atoms with van der Waals surface area (Å²) in [5.41, 5.74) is 0.815. The van der Waals surface area contributed by atoms with Crippen molar-refractivity contribution in [3.05, 3.63) is 24.3 Å². The van der Waals surface area contributed by atoms with E-state index in [1.54, 1.807) is 0 Å². The van der Waals surface area contributed by atoms with E-state index < -0.39 is 0 Å². The maximum Gasteiger partial charge on any atom is 0.228 e. The Morgan fingerprint density at radius 2 is 1.69 bits per heavy atom. The van der Waals surface area contributed by atoms with E-state index in [2.05, 4.69) is 46.9 Å². The Bertz CT molecular complexity index is 589. The van der Waals surface area contributed by atoms with Gasteiger partial charge in [0, 0.05) is 5.92 Å². The van der Waals surface area contributed by atoms with Gasteiger partial charge in [0.2, 0.25) is 5.91 Å². The monoisotopic (exact) mass is 359 g/mol. The van der Waals surface area contributed by atoms with Crippen LogP contribution in [0.4, 0.5) is 5.69 Å². The minimum absolute atomic E-state index is 0.0507. The minimum atomic E-state index is -0.0868. The van der Waals surface area contributed by atoms with Crippen LogP contribution in [0.3, 0.4) is 0 Å². The number of carbonyl (C=O) groups is 1. The van der Waals surface area contributed by atoms with Gasteiger partial charge in [-0.25, -0.2) is 0 Å². The molecule has 0 aromatic heterocycles. The third-order valence-electron chi connectivity index (χ3n) is 5.17. The highest BCUT2D eigenvalue weighted by molar-refractivity contribution is 5.94. The molecule has 1 atom stereocenters. The van der Waals surface area contributed by atoms with Crippen LogP contribution < -0.4 is 10.1 Å². The average molecular weight is 360 g/mol. The Morgan fingerprint density at radius 1 is 1.08 bits per heavy atom. The lowest BCUT2D eigenvalue weighted by molar-refractivity contribution is -0.124. The van der Waals surface area contributed by atoms with E-state index in [9.17, 15) is 4.79 Å². The fourth-order valence-electron chi connectivity index (χ4n) is 3.66. The standard InChI is InChI=1S/C23H37NO2/c1-22(2,3)16-18(23(4,5)6)21(25)24-19-14-10-11-15-20(19)26-17-12-8-7-9-13-17/h10-11,14-15,17-18H,7-9,12-13,16H2,1-6H3,(H,24,25). The van der Waals surface area contributed by atoms with Gasteiger partial charge in [0.25, 0.3) is 0 Å². The van der Waals surface area contributed by atoms with Gasteiger partial charge in [-0.05, 0) is 55.1 Å². The fourth-order valence-corrected chi connectivity index (χ4v) is 3.66. The number of hydrogen-bond acceptors (Lipinski definition) is 2. The number of carbonyl (C=O) groups excluding carboxylic acids is 1. The number of amides is 1. The molecule has 1 aromatic rings. The van der Waals surface area contributed by atoms with Gasteiger partial charge < -0.3 is 10.1 Å². The second-order valence-corrected chi connectivity index (χ2v) is 10.0. The second-order valence-electron chi connectivity index (χ2n) is 10.0. The highest BCUT2D eigenvalue weighted by Gasteiger charge is 2.35. The summed E-state index contributed by atoms with van der Waals surface area (Å²) in [6.07, 6.45) is 7.11. The van der Waals surface area contributed by atoms with Crippen molar-refractivity contribution in [2.75, 3.05) is 5.32 Å². The number of anilines is 1. The Balaban J connectivity index is 2.14. The molecule has 146 valence electrons. The number of para-hydroxylation sites is 2. The Morgan fingerprint density at radius 3 is 2.27 bits per heavy atom. The van der Waals surface area contributed by atoms with Crippen molar-refractivity contribution >= 4 is 11.6 Å². The molecule has 0 heterocycles. The first-order chi connectivity index (χ1) is 12.1. The van der Waals surface area contributed by atoms with Gasteiger partial charge in [0.15, 0.2) is 0 Å². The van der Waals surface area contributed by atoms with Gasteiger partial charge in [0.1, 0.15) is 5.75 Å². The van der Waals surface area contributed by atoms with Crippen molar-refractivity contribution in [1.29, 1.82) is 0 Å². The van der Waals surface area contributed by atoms with E-state index in [1.807, 2.05) is 24.3 Å². The number of hydrogen-bond donors (Lipinski definition) is 1. The Kier molecular flexibility index (Phi) is 6.76. The second kappa shape index (κ2) is 8.45. The lowest BCUT2D eigenvalue weighted by atomic mass is 9.71. The topological polar surface area (TPSA) is 38.3 Å². The molecular weight excluding hydrogens is 322 g/mol. The van der Waals surface area contributed by atoms with Crippen LogP contribution in [0.25, 0.3) is 0 Å². The summed E-state index contributed by atoms with van der Waals surface area (Å²) in [7, 11) is 0. The molecule has 0 bridgehead atoms. The van der Waals surface area contributed by atoms with Crippen molar-refractivity contribution < 1.29 is 9.53 Å². The van der Waals surface area contributed by atoms with E-state index in [0.717, 1.165) is 30.7 Å². The van der Waals surface area contributed by atoms with Gasteiger partial charge >= 0.3 is 0 Å². The zero-order valence-corrected chi connectivity index (χ0v) is 17.5. The van der Waals surface area contributed by atoms with Crippen molar-refractivity contribution in [3.63, 3.8) is 0 Å². The summed E-state index contributed by atoms with van der Waals surface area (Å²) >= 11 is 0.